The van der Waals surface area contributed by atoms with Crippen LogP contribution in [0.1, 0.15) is 25.7 Å². The molecule has 5 heteroatoms. The Labute approximate surface area is 103 Å². The van der Waals surface area contributed by atoms with E-state index in [-0.39, 0.29) is 12.5 Å². The van der Waals surface area contributed by atoms with E-state index in [1.165, 1.54) is 12.8 Å². The summed E-state index contributed by atoms with van der Waals surface area (Å²) in [6.45, 7) is 3.30. The zero-order valence-corrected chi connectivity index (χ0v) is 10.4. The molecule has 1 saturated carbocycles. The number of carbonyl (C=O) groups is 1. The molecule has 5 nitrogen and oxygen atoms in total. The Morgan fingerprint density at radius 1 is 1.29 bits per heavy atom. The molecule has 0 radical (unpaired) electrons. The molecule has 2 rings (SSSR count). The Morgan fingerprint density at radius 3 is 2.59 bits per heavy atom. The first kappa shape index (κ1) is 12.8. The van der Waals surface area contributed by atoms with Crippen molar-refractivity contribution in [2.24, 2.45) is 5.73 Å². The van der Waals surface area contributed by atoms with Crippen molar-refractivity contribution in [3.63, 3.8) is 0 Å². The fourth-order valence-electron chi connectivity index (χ4n) is 2.37. The van der Waals surface area contributed by atoms with Gasteiger partial charge in [-0.15, -0.1) is 0 Å². The van der Waals surface area contributed by atoms with Crippen molar-refractivity contribution in [2.75, 3.05) is 32.8 Å². The molecule has 0 aromatic carbocycles. The number of nitrogens with one attached hydrogen (secondary N) is 1. The molecule has 0 spiro atoms. The van der Waals surface area contributed by atoms with E-state index in [0.29, 0.717) is 19.2 Å². The molecular weight excluding hydrogens is 218 g/mol. The molecular formula is C12H23N3O2. The molecule has 0 atom stereocenters. The van der Waals surface area contributed by atoms with Gasteiger partial charge in [0.25, 0.3) is 0 Å². The molecule has 0 aromatic heterocycles. The fraction of sp³-hybridized carbons (Fsp3) is 0.917. The van der Waals surface area contributed by atoms with E-state index < -0.39 is 0 Å². The van der Waals surface area contributed by atoms with Gasteiger partial charge in [-0.25, -0.2) is 0 Å². The summed E-state index contributed by atoms with van der Waals surface area (Å²) in [6.07, 6.45) is 4.87. The standard InChI is InChI=1S/C12H23N3O2/c13-5-8-17-9-12(16)14-10-3-6-15(7-4-10)11-1-2-11/h10-11H,1-9,13H2,(H,14,16). The number of nitrogens with two attached hydrogens (primary N) is 1. The van der Waals surface area contributed by atoms with E-state index in [4.69, 9.17) is 10.5 Å². The predicted molar refractivity (Wildman–Crippen MR) is 65.6 cm³/mol. The average Bonchev–Trinajstić information content (AvgIpc) is 3.14. The highest BCUT2D eigenvalue weighted by Gasteiger charge is 2.31. The second-order valence-electron chi connectivity index (χ2n) is 4.95. The van der Waals surface area contributed by atoms with Crippen molar-refractivity contribution in [2.45, 2.75) is 37.8 Å². The van der Waals surface area contributed by atoms with Gasteiger partial charge in [-0.1, -0.05) is 0 Å². The highest BCUT2D eigenvalue weighted by Crippen LogP contribution is 2.29. The normalized spacial score (nSPS) is 22.6. The van der Waals surface area contributed by atoms with Crippen molar-refractivity contribution in [1.82, 2.24) is 10.2 Å². The molecule has 3 N–H and O–H groups in total. The second kappa shape index (κ2) is 6.33. The van der Waals surface area contributed by atoms with Gasteiger partial charge < -0.3 is 20.7 Å². The predicted octanol–water partition coefficient (Wildman–Crippen LogP) is -0.295. The second-order valence-corrected chi connectivity index (χ2v) is 4.95. The number of rotatable bonds is 6. The first-order valence-electron chi connectivity index (χ1n) is 6.61. The molecule has 1 heterocycles. The fourth-order valence-corrected chi connectivity index (χ4v) is 2.37. The molecule has 0 aromatic rings. The maximum atomic E-state index is 11.5. The molecule has 2 fully saturated rings. The zero-order chi connectivity index (χ0) is 12.1. The van der Waals surface area contributed by atoms with Crippen molar-refractivity contribution in [1.29, 1.82) is 0 Å². The van der Waals surface area contributed by atoms with E-state index in [1.54, 1.807) is 0 Å². The summed E-state index contributed by atoms with van der Waals surface area (Å²) in [6, 6.07) is 1.18. The van der Waals surface area contributed by atoms with Crippen molar-refractivity contribution in [3.8, 4) is 0 Å². The molecule has 1 amide bonds. The molecule has 2 aliphatic rings. The minimum absolute atomic E-state index is 0.0108. The number of likely N-dealkylation sites (tertiary alicyclic amines) is 1. The molecule has 0 bridgehead atoms. The number of nitrogens with zero attached hydrogens (tertiary/aromatic N) is 1. The summed E-state index contributed by atoms with van der Waals surface area (Å²) in [4.78, 5) is 14.1. The number of piperidine rings is 1. The van der Waals surface area contributed by atoms with Gasteiger partial charge in [0.2, 0.25) is 5.91 Å². The summed E-state index contributed by atoms with van der Waals surface area (Å²) in [5.74, 6) is -0.0108. The number of amides is 1. The van der Waals surface area contributed by atoms with Crippen LogP contribution in [0.25, 0.3) is 0 Å². The quantitative estimate of drug-likeness (QED) is 0.627. The Balaban J connectivity index is 1.58. The average molecular weight is 241 g/mol. The Morgan fingerprint density at radius 2 is 2.00 bits per heavy atom. The van der Waals surface area contributed by atoms with Gasteiger partial charge in [-0.05, 0) is 25.7 Å². The number of hydrogen-bond acceptors (Lipinski definition) is 4. The van der Waals surface area contributed by atoms with Gasteiger partial charge in [0.15, 0.2) is 0 Å². The van der Waals surface area contributed by atoms with Crippen LogP contribution < -0.4 is 11.1 Å². The topological polar surface area (TPSA) is 67.6 Å². The van der Waals surface area contributed by atoms with Gasteiger partial charge in [-0.2, -0.15) is 0 Å². The smallest absolute Gasteiger partial charge is 0.246 e. The minimum Gasteiger partial charge on any atom is -0.370 e. The van der Waals surface area contributed by atoms with Gasteiger partial charge in [0, 0.05) is 31.7 Å². The molecule has 17 heavy (non-hydrogen) atoms. The Kier molecular flexibility index (Phi) is 4.76. The summed E-state index contributed by atoms with van der Waals surface area (Å²) in [5.41, 5.74) is 5.29. The molecule has 1 aliphatic heterocycles. The van der Waals surface area contributed by atoms with Crippen LogP contribution in [0.5, 0.6) is 0 Å². The Bertz CT molecular complexity index is 248. The van der Waals surface area contributed by atoms with Crippen LogP contribution in [-0.4, -0.2) is 55.7 Å². The van der Waals surface area contributed by atoms with Crippen LogP contribution in [0.15, 0.2) is 0 Å². The lowest BCUT2D eigenvalue weighted by atomic mass is 10.0. The van der Waals surface area contributed by atoms with Gasteiger partial charge in [0.1, 0.15) is 6.61 Å². The van der Waals surface area contributed by atoms with Crippen LogP contribution >= 0.6 is 0 Å². The number of ether oxygens (including phenoxy) is 1. The third kappa shape index (κ3) is 4.26. The maximum absolute atomic E-state index is 11.5. The van der Waals surface area contributed by atoms with E-state index >= 15 is 0 Å². The third-order valence-corrected chi connectivity index (χ3v) is 3.45. The number of hydrogen-bond donors (Lipinski definition) is 2. The van der Waals surface area contributed by atoms with E-state index in [1.807, 2.05) is 0 Å². The van der Waals surface area contributed by atoms with Crippen LogP contribution in [0.2, 0.25) is 0 Å². The van der Waals surface area contributed by atoms with Gasteiger partial charge in [-0.3, -0.25) is 4.79 Å². The van der Waals surface area contributed by atoms with E-state index in [2.05, 4.69) is 10.2 Å². The monoisotopic (exact) mass is 241 g/mol. The lowest BCUT2D eigenvalue weighted by molar-refractivity contribution is -0.126. The van der Waals surface area contributed by atoms with Crippen molar-refractivity contribution < 1.29 is 9.53 Å². The minimum atomic E-state index is -0.0108. The highest BCUT2D eigenvalue weighted by molar-refractivity contribution is 5.77. The lowest BCUT2D eigenvalue weighted by Gasteiger charge is -2.32. The van der Waals surface area contributed by atoms with Gasteiger partial charge >= 0.3 is 0 Å². The SMILES string of the molecule is NCCOCC(=O)NC1CCN(C2CC2)CC1. The van der Waals surface area contributed by atoms with Crippen LogP contribution in [0.3, 0.4) is 0 Å². The van der Waals surface area contributed by atoms with Crippen LogP contribution in [-0.2, 0) is 9.53 Å². The van der Waals surface area contributed by atoms with E-state index in [0.717, 1.165) is 32.0 Å². The maximum Gasteiger partial charge on any atom is 0.246 e. The largest absolute Gasteiger partial charge is 0.370 e. The summed E-state index contributed by atoms with van der Waals surface area (Å²) in [5, 5.41) is 3.03. The third-order valence-electron chi connectivity index (χ3n) is 3.45. The summed E-state index contributed by atoms with van der Waals surface area (Å²) in [7, 11) is 0. The van der Waals surface area contributed by atoms with Gasteiger partial charge in [0.05, 0.1) is 6.61 Å². The first-order valence-corrected chi connectivity index (χ1v) is 6.61. The molecule has 1 aliphatic carbocycles. The van der Waals surface area contributed by atoms with E-state index in [9.17, 15) is 4.79 Å². The first-order chi connectivity index (χ1) is 8.29. The molecule has 0 unspecified atom stereocenters. The van der Waals surface area contributed by atoms with Crippen LogP contribution in [0, 0.1) is 0 Å². The summed E-state index contributed by atoms with van der Waals surface area (Å²) >= 11 is 0. The molecule has 98 valence electrons. The van der Waals surface area contributed by atoms with Crippen molar-refractivity contribution >= 4 is 5.91 Å². The number of carbonyl (C=O) groups excluding carboxylic acids is 1. The van der Waals surface area contributed by atoms with Crippen molar-refractivity contribution in [3.05, 3.63) is 0 Å². The molecule has 1 saturated heterocycles. The summed E-state index contributed by atoms with van der Waals surface area (Å²) < 4.78 is 5.11. The van der Waals surface area contributed by atoms with Crippen LogP contribution in [0.4, 0.5) is 0 Å². The zero-order valence-electron chi connectivity index (χ0n) is 10.4. The Hall–Kier alpha value is -0.650. The lowest BCUT2D eigenvalue weighted by Crippen LogP contribution is -2.46. The highest BCUT2D eigenvalue weighted by atomic mass is 16.5.